The Morgan fingerprint density at radius 1 is 1.24 bits per heavy atom. The fourth-order valence-corrected chi connectivity index (χ4v) is 3.38. The highest BCUT2D eigenvalue weighted by Gasteiger charge is 2.16. The molecule has 25 heavy (non-hydrogen) atoms. The van der Waals surface area contributed by atoms with Gasteiger partial charge in [-0.15, -0.1) is 0 Å². The number of hydrogen-bond donors (Lipinski definition) is 1. The summed E-state index contributed by atoms with van der Waals surface area (Å²) in [7, 11) is 0. The molecule has 0 amide bonds. The first-order valence-electron chi connectivity index (χ1n) is 8.73. The molecule has 3 aromatic rings. The zero-order valence-corrected chi connectivity index (χ0v) is 15.4. The van der Waals surface area contributed by atoms with Gasteiger partial charge in [0.15, 0.2) is 5.65 Å². The predicted molar refractivity (Wildman–Crippen MR) is 103 cm³/mol. The molecule has 0 aromatic carbocycles. The maximum absolute atomic E-state index is 6.30. The SMILES string of the molecule is C=C(C)c1c(C)nc2c(-c3ccc(C(CC)CC)nc3)cnn2c1N. The number of aromatic nitrogens is 4. The molecule has 0 aliphatic heterocycles. The van der Waals surface area contributed by atoms with Gasteiger partial charge >= 0.3 is 0 Å². The summed E-state index contributed by atoms with van der Waals surface area (Å²) in [6.45, 7) is 12.3. The van der Waals surface area contributed by atoms with Crippen molar-refractivity contribution in [2.45, 2.75) is 46.5 Å². The Hall–Kier alpha value is -2.69. The number of allylic oxidation sites excluding steroid dienone is 1. The molecule has 0 saturated carbocycles. The van der Waals surface area contributed by atoms with E-state index in [0.29, 0.717) is 11.7 Å². The Morgan fingerprint density at radius 3 is 2.52 bits per heavy atom. The number of fused-ring (bicyclic) bond motifs is 1. The first kappa shape index (κ1) is 17.1. The number of rotatable bonds is 5. The van der Waals surface area contributed by atoms with Gasteiger partial charge in [-0.2, -0.15) is 9.61 Å². The molecule has 5 nitrogen and oxygen atoms in total. The third-order valence-corrected chi connectivity index (χ3v) is 4.79. The summed E-state index contributed by atoms with van der Waals surface area (Å²) in [5.74, 6) is 1.08. The zero-order chi connectivity index (χ0) is 18.1. The number of hydrogen-bond acceptors (Lipinski definition) is 4. The minimum absolute atomic E-state index is 0.507. The maximum atomic E-state index is 6.30. The first-order valence-corrected chi connectivity index (χ1v) is 8.73. The highest BCUT2D eigenvalue weighted by molar-refractivity contribution is 5.81. The van der Waals surface area contributed by atoms with Crippen LogP contribution in [0.25, 0.3) is 22.3 Å². The molecule has 130 valence electrons. The van der Waals surface area contributed by atoms with Gasteiger partial charge in [0.2, 0.25) is 0 Å². The second-order valence-corrected chi connectivity index (χ2v) is 6.52. The molecule has 0 fully saturated rings. The van der Waals surface area contributed by atoms with Gasteiger partial charge in [-0.3, -0.25) is 4.98 Å². The van der Waals surface area contributed by atoms with Gasteiger partial charge in [0.25, 0.3) is 0 Å². The van der Waals surface area contributed by atoms with Gasteiger partial charge in [0.1, 0.15) is 5.82 Å². The summed E-state index contributed by atoms with van der Waals surface area (Å²) in [6.07, 6.45) is 5.90. The van der Waals surface area contributed by atoms with Crippen LogP contribution in [0.5, 0.6) is 0 Å². The predicted octanol–water partition coefficient (Wildman–Crippen LogP) is 4.62. The van der Waals surface area contributed by atoms with Gasteiger partial charge in [0.05, 0.1) is 11.9 Å². The molecule has 0 bridgehead atoms. The monoisotopic (exact) mass is 335 g/mol. The summed E-state index contributed by atoms with van der Waals surface area (Å²) in [4.78, 5) is 9.38. The van der Waals surface area contributed by atoms with E-state index in [9.17, 15) is 0 Å². The van der Waals surface area contributed by atoms with E-state index in [4.69, 9.17) is 10.7 Å². The summed E-state index contributed by atoms with van der Waals surface area (Å²) in [6, 6.07) is 4.20. The van der Waals surface area contributed by atoms with Crippen LogP contribution in [0.3, 0.4) is 0 Å². The quantitative estimate of drug-likeness (QED) is 0.738. The van der Waals surface area contributed by atoms with Crippen LogP contribution in [-0.4, -0.2) is 19.6 Å². The van der Waals surface area contributed by atoms with E-state index in [1.165, 1.54) is 0 Å². The minimum Gasteiger partial charge on any atom is -0.383 e. The Bertz CT molecular complexity index is 917. The first-order chi connectivity index (χ1) is 12.0. The van der Waals surface area contributed by atoms with Crippen molar-refractivity contribution >= 4 is 17.0 Å². The third kappa shape index (κ3) is 2.90. The molecule has 0 unspecified atom stereocenters. The van der Waals surface area contributed by atoms with E-state index in [-0.39, 0.29) is 0 Å². The van der Waals surface area contributed by atoms with Crippen molar-refractivity contribution in [3.8, 4) is 11.1 Å². The molecule has 5 heteroatoms. The van der Waals surface area contributed by atoms with Crippen molar-refractivity contribution in [1.29, 1.82) is 0 Å². The summed E-state index contributed by atoms with van der Waals surface area (Å²) < 4.78 is 1.68. The van der Waals surface area contributed by atoms with E-state index in [1.807, 2.05) is 20.0 Å². The lowest BCUT2D eigenvalue weighted by atomic mass is 9.98. The number of nitrogens with zero attached hydrogens (tertiary/aromatic N) is 4. The highest BCUT2D eigenvalue weighted by Crippen LogP contribution is 2.30. The number of anilines is 1. The molecule has 0 spiro atoms. The van der Waals surface area contributed by atoms with Crippen LogP contribution in [0.4, 0.5) is 5.82 Å². The van der Waals surface area contributed by atoms with Gasteiger partial charge in [-0.05, 0) is 38.3 Å². The standard InChI is InChI=1S/C20H25N5/c1-6-14(7-2)17-9-8-15(10-22-17)16-11-23-25-19(21)18(12(3)4)13(5)24-20(16)25/h8-11,14H,3,6-7,21H2,1-2,4-5H3. The van der Waals surface area contributed by atoms with E-state index >= 15 is 0 Å². The van der Waals surface area contributed by atoms with Crippen molar-refractivity contribution in [1.82, 2.24) is 19.6 Å². The average molecular weight is 335 g/mol. The molecule has 0 saturated heterocycles. The molecular weight excluding hydrogens is 310 g/mol. The Labute approximate surface area is 148 Å². The smallest absolute Gasteiger partial charge is 0.165 e. The normalized spacial score (nSPS) is 11.4. The van der Waals surface area contributed by atoms with Gasteiger partial charge in [-0.25, -0.2) is 4.98 Å². The van der Waals surface area contributed by atoms with Crippen LogP contribution in [-0.2, 0) is 0 Å². The molecule has 0 aliphatic rings. The topological polar surface area (TPSA) is 69.1 Å². The summed E-state index contributed by atoms with van der Waals surface area (Å²) in [5.41, 5.74) is 12.7. The average Bonchev–Trinajstić information content (AvgIpc) is 3.00. The number of aryl methyl sites for hydroxylation is 1. The molecular formula is C20H25N5. The number of pyridine rings is 1. The Kier molecular flexibility index (Phi) is 4.57. The summed E-state index contributed by atoms with van der Waals surface area (Å²) >= 11 is 0. The molecule has 0 atom stereocenters. The fourth-order valence-electron chi connectivity index (χ4n) is 3.38. The highest BCUT2D eigenvalue weighted by atomic mass is 15.3. The van der Waals surface area contributed by atoms with Crippen molar-refractivity contribution in [2.24, 2.45) is 0 Å². The van der Waals surface area contributed by atoms with Crippen LogP contribution in [0.1, 0.15) is 56.5 Å². The van der Waals surface area contributed by atoms with Gasteiger partial charge in [0, 0.05) is 34.5 Å². The Morgan fingerprint density at radius 2 is 1.96 bits per heavy atom. The molecule has 3 heterocycles. The molecule has 0 aliphatic carbocycles. The lowest BCUT2D eigenvalue weighted by molar-refractivity contribution is 0.623. The van der Waals surface area contributed by atoms with Crippen molar-refractivity contribution in [3.63, 3.8) is 0 Å². The van der Waals surface area contributed by atoms with E-state index in [0.717, 1.165) is 52.1 Å². The zero-order valence-electron chi connectivity index (χ0n) is 15.4. The van der Waals surface area contributed by atoms with E-state index < -0.39 is 0 Å². The van der Waals surface area contributed by atoms with Crippen molar-refractivity contribution in [2.75, 3.05) is 5.73 Å². The van der Waals surface area contributed by atoms with Gasteiger partial charge < -0.3 is 5.73 Å². The van der Waals surface area contributed by atoms with E-state index in [2.05, 4.69) is 42.6 Å². The number of nitrogen functional groups attached to an aromatic ring is 1. The van der Waals surface area contributed by atoms with Crippen molar-refractivity contribution < 1.29 is 0 Å². The van der Waals surface area contributed by atoms with Crippen LogP contribution in [0.2, 0.25) is 0 Å². The largest absolute Gasteiger partial charge is 0.383 e. The van der Waals surface area contributed by atoms with Crippen LogP contribution < -0.4 is 5.73 Å². The summed E-state index contributed by atoms with van der Waals surface area (Å²) in [5, 5.41) is 4.43. The van der Waals surface area contributed by atoms with Crippen molar-refractivity contribution in [3.05, 3.63) is 48.1 Å². The van der Waals surface area contributed by atoms with E-state index in [1.54, 1.807) is 10.7 Å². The van der Waals surface area contributed by atoms with Crippen LogP contribution in [0.15, 0.2) is 31.1 Å². The number of nitrogens with two attached hydrogens (primary N) is 1. The fraction of sp³-hybridized carbons (Fsp3) is 0.350. The van der Waals surface area contributed by atoms with Crippen LogP contribution >= 0.6 is 0 Å². The van der Waals surface area contributed by atoms with Crippen LogP contribution in [0, 0.1) is 6.92 Å². The second kappa shape index (κ2) is 6.67. The second-order valence-electron chi connectivity index (χ2n) is 6.52. The lowest BCUT2D eigenvalue weighted by Gasteiger charge is -2.12. The minimum atomic E-state index is 0.507. The molecule has 2 N–H and O–H groups in total. The lowest BCUT2D eigenvalue weighted by Crippen LogP contribution is -2.07. The Balaban J connectivity index is 2.09. The molecule has 3 aromatic heterocycles. The maximum Gasteiger partial charge on any atom is 0.165 e. The molecule has 0 radical (unpaired) electrons. The molecule has 3 rings (SSSR count). The van der Waals surface area contributed by atoms with Gasteiger partial charge in [-0.1, -0.05) is 26.5 Å². The third-order valence-electron chi connectivity index (χ3n) is 4.79.